The molecule has 0 aromatic heterocycles. The van der Waals surface area contributed by atoms with Crippen LogP contribution in [0, 0.1) is 0 Å². The van der Waals surface area contributed by atoms with Gasteiger partial charge >= 0.3 is 0 Å². The summed E-state index contributed by atoms with van der Waals surface area (Å²) < 4.78 is 0. The van der Waals surface area contributed by atoms with Gasteiger partial charge in [-0.25, -0.2) is 0 Å². The number of aliphatic hydroxyl groups excluding tert-OH is 4. The normalized spacial score (nSPS) is 14.3. The number of carbonyl (C=O) groups excluding carboxylic acids is 1. The minimum Gasteiger partial charge on any atom is -0.394 e. The van der Waals surface area contributed by atoms with Crippen LogP contribution in [0.4, 0.5) is 0 Å². The van der Waals surface area contributed by atoms with Crippen LogP contribution < -0.4 is 5.32 Å². The molecule has 5 N–H and O–H groups in total. The molecular formula is C48H93NO5. The highest BCUT2D eigenvalue weighted by Crippen LogP contribution is 2.16. The first-order valence-corrected chi connectivity index (χ1v) is 23.7. The highest BCUT2D eigenvalue weighted by molar-refractivity contribution is 5.80. The van der Waals surface area contributed by atoms with Crippen molar-refractivity contribution in [3.63, 3.8) is 0 Å². The van der Waals surface area contributed by atoms with Crippen LogP contribution in [-0.2, 0) is 4.79 Å². The minimum absolute atomic E-state index is 0.367. The Labute approximate surface area is 335 Å². The second-order valence-corrected chi connectivity index (χ2v) is 16.5. The molecule has 1 amide bonds. The molecule has 0 aliphatic rings. The van der Waals surface area contributed by atoms with Crippen molar-refractivity contribution in [1.29, 1.82) is 0 Å². The zero-order valence-electron chi connectivity index (χ0n) is 36.0. The maximum Gasteiger partial charge on any atom is 0.249 e. The average Bonchev–Trinajstić information content (AvgIpc) is 3.18. The first kappa shape index (κ1) is 52.8. The Morgan fingerprint density at radius 1 is 0.463 bits per heavy atom. The Hall–Kier alpha value is -1.21. The van der Waals surface area contributed by atoms with E-state index in [1.54, 1.807) is 0 Å². The zero-order chi connectivity index (χ0) is 39.6. The van der Waals surface area contributed by atoms with Crippen molar-refractivity contribution in [3.8, 4) is 0 Å². The molecule has 0 aromatic carbocycles. The molecule has 0 fully saturated rings. The molecule has 6 nitrogen and oxygen atoms in total. The van der Waals surface area contributed by atoms with Crippen molar-refractivity contribution in [2.24, 2.45) is 0 Å². The molecule has 0 saturated heterocycles. The zero-order valence-corrected chi connectivity index (χ0v) is 36.0. The summed E-state index contributed by atoms with van der Waals surface area (Å²) in [4.78, 5) is 12.5. The second kappa shape index (κ2) is 42.9. The predicted molar refractivity (Wildman–Crippen MR) is 233 cm³/mol. The van der Waals surface area contributed by atoms with E-state index in [-0.39, 0.29) is 0 Å². The molecule has 54 heavy (non-hydrogen) atoms. The van der Waals surface area contributed by atoms with Crippen molar-refractivity contribution >= 4 is 5.91 Å². The molecule has 4 unspecified atom stereocenters. The van der Waals surface area contributed by atoms with Gasteiger partial charge in [-0.1, -0.05) is 224 Å². The van der Waals surface area contributed by atoms with Gasteiger partial charge in [-0.3, -0.25) is 4.79 Å². The summed E-state index contributed by atoms with van der Waals surface area (Å²) in [5.41, 5.74) is 0. The Balaban J connectivity index is 3.66. The maximum atomic E-state index is 12.5. The van der Waals surface area contributed by atoms with Gasteiger partial charge in [0.05, 0.1) is 18.8 Å². The smallest absolute Gasteiger partial charge is 0.249 e. The van der Waals surface area contributed by atoms with Crippen molar-refractivity contribution in [2.75, 3.05) is 6.61 Å². The molecule has 0 aromatic rings. The predicted octanol–water partition coefficient (Wildman–Crippen LogP) is 12.7. The first-order valence-electron chi connectivity index (χ1n) is 23.7. The molecular weight excluding hydrogens is 671 g/mol. The van der Waals surface area contributed by atoms with Gasteiger partial charge in [-0.05, 0) is 44.9 Å². The lowest BCUT2D eigenvalue weighted by Crippen LogP contribution is -2.53. The van der Waals surface area contributed by atoms with E-state index in [2.05, 4.69) is 43.5 Å². The van der Waals surface area contributed by atoms with E-state index in [0.717, 1.165) is 44.9 Å². The number of hydrogen-bond donors (Lipinski definition) is 5. The second-order valence-electron chi connectivity index (χ2n) is 16.5. The number of allylic oxidation sites excluding steroid dienone is 4. The third-order valence-electron chi connectivity index (χ3n) is 11.2. The Morgan fingerprint density at radius 3 is 1.17 bits per heavy atom. The number of carbonyl (C=O) groups is 1. The van der Waals surface area contributed by atoms with Crippen LogP contribution in [0.3, 0.4) is 0 Å². The Bertz CT molecular complexity index is 817. The molecule has 0 bridgehead atoms. The van der Waals surface area contributed by atoms with Gasteiger partial charge < -0.3 is 25.7 Å². The van der Waals surface area contributed by atoms with Gasteiger partial charge in [0.15, 0.2) is 0 Å². The van der Waals surface area contributed by atoms with Gasteiger partial charge in [0.2, 0.25) is 5.91 Å². The van der Waals surface area contributed by atoms with Crippen LogP contribution in [0.2, 0.25) is 0 Å². The van der Waals surface area contributed by atoms with Crippen molar-refractivity contribution in [2.45, 2.75) is 269 Å². The molecule has 6 heteroatoms. The highest BCUT2D eigenvalue weighted by atomic mass is 16.3. The molecule has 0 spiro atoms. The summed E-state index contributed by atoms with van der Waals surface area (Å²) in [6, 6.07) is -0.984. The number of amides is 1. The molecule has 0 heterocycles. The number of rotatable bonds is 43. The third-order valence-corrected chi connectivity index (χ3v) is 11.2. The van der Waals surface area contributed by atoms with Gasteiger partial charge in [0, 0.05) is 0 Å². The van der Waals surface area contributed by atoms with Crippen molar-refractivity contribution < 1.29 is 25.2 Å². The standard InChI is InChI=1S/C48H93NO5/c1-3-5-7-9-11-13-15-17-18-19-20-21-22-23-24-25-26-27-28-29-30-32-34-36-38-40-42-46(52)48(54)49-44(43-50)47(53)45(51)41-39-37-35-33-31-16-14-12-10-8-6-4-2/h20-21,23-24,44-47,50-53H,3-19,22,25-43H2,1-2H3,(H,49,54)/b21-20-,24-23-. The molecule has 0 radical (unpaired) electrons. The summed E-state index contributed by atoms with van der Waals surface area (Å²) in [5, 5.41) is 43.7. The van der Waals surface area contributed by atoms with Gasteiger partial charge in [0.1, 0.15) is 12.2 Å². The van der Waals surface area contributed by atoms with Crippen molar-refractivity contribution in [1.82, 2.24) is 5.32 Å². The maximum absolute atomic E-state index is 12.5. The fraction of sp³-hybridized carbons (Fsp3) is 0.896. The quantitative estimate of drug-likeness (QED) is 0.0314. The lowest BCUT2D eigenvalue weighted by Gasteiger charge is -2.27. The lowest BCUT2D eigenvalue weighted by atomic mass is 9.99. The molecule has 0 saturated carbocycles. The van der Waals surface area contributed by atoms with Gasteiger partial charge in [0.25, 0.3) is 0 Å². The summed E-state index contributed by atoms with van der Waals surface area (Å²) in [5.74, 6) is -0.586. The summed E-state index contributed by atoms with van der Waals surface area (Å²) in [6.45, 7) is 4.05. The molecule has 320 valence electrons. The van der Waals surface area contributed by atoms with Crippen LogP contribution in [0.1, 0.15) is 245 Å². The van der Waals surface area contributed by atoms with Crippen molar-refractivity contribution in [3.05, 3.63) is 24.3 Å². The molecule has 0 aliphatic carbocycles. The molecule has 0 rings (SSSR count). The fourth-order valence-corrected chi connectivity index (χ4v) is 7.38. The van der Waals surface area contributed by atoms with Gasteiger partial charge in [-0.15, -0.1) is 0 Å². The number of nitrogens with one attached hydrogen (secondary N) is 1. The van der Waals surface area contributed by atoms with Crippen LogP contribution >= 0.6 is 0 Å². The van der Waals surface area contributed by atoms with E-state index in [9.17, 15) is 25.2 Å². The lowest BCUT2D eigenvalue weighted by molar-refractivity contribution is -0.132. The van der Waals surface area contributed by atoms with Crippen LogP contribution in [0.25, 0.3) is 0 Å². The van der Waals surface area contributed by atoms with Crippen LogP contribution in [-0.4, -0.2) is 57.3 Å². The Morgan fingerprint density at radius 2 is 0.796 bits per heavy atom. The minimum atomic E-state index is -1.26. The van der Waals surface area contributed by atoms with E-state index in [0.29, 0.717) is 12.8 Å². The fourth-order valence-electron chi connectivity index (χ4n) is 7.38. The summed E-state index contributed by atoms with van der Waals surface area (Å²) >= 11 is 0. The van der Waals surface area contributed by atoms with E-state index >= 15 is 0 Å². The number of unbranched alkanes of at least 4 members (excludes halogenated alkanes) is 30. The molecule has 4 atom stereocenters. The first-order chi connectivity index (χ1) is 26.5. The monoisotopic (exact) mass is 764 g/mol. The van der Waals surface area contributed by atoms with E-state index in [1.165, 1.54) is 173 Å². The van der Waals surface area contributed by atoms with E-state index < -0.39 is 36.9 Å². The van der Waals surface area contributed by atoms with E-state index in [4.69, 9.17) is 0 Å². The van der Waals surface area contributed by atoms with Crippen LogP contribution in [0.15, 0.2) is 24.3 Å². The largest absolute Gasteiger partial charge is 0.394 e. The summed E-state index contributed by atoms with van der Waals surface area (Å²) in [6.07, 6.45) is 49.3. The third kappa shape index (κ3) is 36.4. The van der Waals surface area contributed by atoms with Gasteiger partial charge in [-0.2, -0.15) is 0 Å². The highest BCUT2D eigenvalue weighted by Gasteiger charge is 2.28. The topological polar surface area (TPSA) is 110 Å². The van der Waals surface area contributed by atoms with E-state index in [1.807, 2.05) is 0 Å². The van der Waals surface area contributed by atoms with Crippen LogP contribution in [0.5, 0.6) is 0 Å². The Kier molecular flexibility index (Phi) is 42.0. The number of hydrogen-bond acceptors (Lipinski definition) is 5. The average molecular weight is 764 g/mol. The summed E-state index contributed by atoms with van der Waals surface area (Å²) in [7, 11) is 0. The number of aliphatic hydroxyl groups is 4. The SMILES string of the molecule is CCCCCCCCCCC/C=C\C/C=C\CCCCCCCCCCCCC(O)C(=O)NC(CO)C(O)C(O)CCCCCCCCCCCCCC. The molecule has 0 aliphatic heterocycles.